The molecule has 3 nitrogen and oxygen atoms in total. The summed E-state index contributed by atoms with van der Waals surface area (Å²) in [4.78, 5) is 22.7. The summed E-state index contributed by atoms with van der Waals surface area (Å²) >= 11 is 0. The Labute approximate surface area is 131 Å². The molecule has 0 fully saturated rings. The van der Waals surface area contributed by atoms with Crippen molar-refractivity contribution in [3.63, 3.8) is 0 Å². The summed E-state index contributed by atoms with van der Waals surface area (Å²) in [6.45, 7) is 22.9. The van der Waals surface area contributed by atoms with E-state index in [0.717, 1.165) is 0 Å². The maximum absolute atomic E-state index is 11.5. The fourth-order valence-electron chi connectivity index (χ4n) is 1.56. The molecule has 0 unspecified atom stereocenters. The van der Waals surface area contributed by atoms with Crippen LogP contribution in [0.5, 0.6) is 0 Å². The van der Waals surface area contributed by atoms with Crippen LogP contribution in [0.3, 0.4) is 0 Å². The van der Waals surface area contributed by atoms with Crippen LogP contribution in [0.15, 0.2) is 0 Å². The van der Waals surface area contributed by atoms with Gasteiger partial charge in [-0.3, -0.25) is 9.59 Å². The number of carbonyl (C=O) groups is 2. The molecule has 0 aromatic rings. The number of Topliss-reactive ketones (excluding diaryl/α,β-unsaturated/α-hetero) is 1. The molecular formula is C18H36O3. The van der Waals surface area contributed by atoms with Crippen molar-refractivity contribution < 1.29 is 14.3 Å². The normalized spacial score (nSPS) is 13.1. The van der Waals surface area contributed by atoms with E-state index in [1.54, 1.807) is 0 Å². The quantitative estimate of drug-likeness (QED) is 0.590. The fraction of sp³-hybridized carbons (Fsp3) is 0.889. The second-order valence-corrected chi connectivity index (χ2v) is 9.58. The van der Waals surface area contributed by atoms with Crippen molar-refractivity contribution in [2.45, 2.75) is 88.7 Å². The third-order valence-electron chi connectivity index (χ3n) is 2.37. The van der Waals surface area contributed by atoms with Gasteiger partial charge < -0.3 is 4.74 Å². The molecule has 0 spiro atoms. The Morgan fingerprint density at radius 2 is 0.857 bits per heavy atom. The first-order valence-corrected chi connectivity index (χ1v) is 7.57. The molecule has 0 atom stereocenters. The van der Waals surface area contributed by atoms with Crippen molar-refractivity contribution in [2.24, 2.45) is 16.2 Å². The van der Waals surface area contributed by atoms with E-state index in [4.69, 9.17) is 4.74 Å². The monoisotopic (exact) mass is 300 g/mol. The van der Waals surface area contributed by atoms with Crippen molar-refractivity contribution in [3.8, 4) is 0 Å². The van der Waals surface area contributed by atoms with Gasteiger partial charge in [-0.25, -0.2) is 0 Å². The van der Waals surface area contributed by atoms with E-state index in [2.05, 4.69) is 0 Å². The Bertz CT molecular complexity index is 336. The largest absolute Gasteiger partial charge is 0.460 e. The lowest BCUT2D eigenvalue weighted by Crippen LogP contribution is -2.32. The van der Waals surface area contributed by atoms with Crippen molar-refractivity contribution in [1.29, 1.82) is 0 Å². The molecule has 126 valence electrons. The minimum atomic E-state index is -0.396. The molecule has 0 aromatic carbocycles. The Balaban J connectivity index is 0. The van der Waals surface area contributed by atoms with Crippen LogP contribution < -0.4 is 0 Å². The molecule has 0 aliphatic rings. The number of hydrogen-bond donors (Lipinski definition) is 0. The molecule has 0 N–H and O–H groups in total. The summed E-state index contributed by atoms with van der Waals surface area (Å²) in [7, 11) is 0. The second kappa shape index (κ2) is 6.93. The maximum Gasteiger partial charge on any atom is 0.311 e. The molecule has 0 aliphatic heterocycles. The van der Waals surface area contributed by atoms with Crippen LogP contribution in [0.25, 0.3) is 0 Å². The molecule has 21 heavy (non-hydrogen) atoms. The topological polar surface area (TPSA) is 43.4 Å². The van der Waals surface area contributed by atoms with Crippen LogP contribution in [0.4, 0.5) is 0 Å². The highest BCUT2D eigenvalue weighted by Gasteiger charge is 2.31. The summed E-state index contributed by atoms with van der Waals surface area (Å²) in [5.74, 6) is 0.171. The summed E-state index contributed by atoms with van der Waals surface area (Å²) in [6.07, 6.45) is 0. The lowest BCUT2D eigenvalue weighted by atomic mass is 9.76. The van der Waals surface area contributed by atoms with Crippen molar-refractivity contribution in [3.05, 3.63) is 0 Å². The van der Waals surface area contributed by atoms with Crippen LogP contribution in [0, 0.1) is 16.2 Å². The minimum Gasteiger partial charge on any atom is -0.460 e. The number of carbonyl (C=O) groups excluding carboxylic acids is 2. The second-order valence-electron chi connectivity index (χ2n) is 9.58. The zero-order valence-corrected chi connectivity index (χ0v) is 16.2. The van der Waals surface area contributed by atoms with E-state index >= 15 is 0 Å². The van der Waals surface area contributed by atoms with Gasteiger partial charge in [-0.15, -0.1) is 0 Å². The van der Waals surface area contributed by atoms with Gasteiger partial charge in [0.05, 0.1) is 5.41 Å². The maximum atomic E-state index is 11.5. The Morgan fingerprint density at radius 1 is 0.571 bits per heavy atom. The van der Waals surface area contributed by atoms with E-state index < -0.39 is 5.41 Å². The molecule has 0 saturated carbocycles. The highest BCUT2D eigenvalue weighted by molar-refractivity contribution is 5.88. The third-order valence-corrected chi connectivity index (χ3v) is 2.37. The fourth-order valence-corrected chi connectivity index (χ4v) is 1.56. The number of rotatable bonds is 0. The molecular weight excluding hydrogens is 264 g/mol. The molecule has 3 heteroatoms. The zero-order valence-electron chi connectivity index (χ0n) is 16.2. The predicted molar refractivity (Wildman–Crippen MR) is 89.2 cm³/mol. The van der Waals surface area contributed by atoms with Gasteiger partial charge in [0, 0.05) is 10.8 Å². The number of ketones is 1. The molecule has 0 saturated heterocycles. The first kappa shape index (κ1) is 22.4. The number of ether oxygens (including phenoxy) is 1. The van der Waals surface area contributed by atoms with Gasteiger partial charge in [-0.1, -0.05) is 41.5 Å². The van der Waals surface area contributed by atoms with E-state index in [-0.39, 0.29) is 22.4 Å². The summed E-state index contributed by atoms with van der Waals surface area (Å²) in [6, 6.07) is 0. The van der Waals surface area contributed by atoms with Gasteiger partial charge >= 0.3 is 5.97 Å². The van der Waals surface area contributed by atoms with Crippen molar-refractivity contribution in [2.75, 3.05) is 0 Å². The summed E-state index contributed by atoms with van der Waals surface area (Å²) in [5, 5.41) is 0. The summed E-state index contributed by atoms with van der Waals surface area (Å²) in [5.41, 5.74) is -1.16. The zero-order chi connectivity index (χ0) is 17.9. The number of hydrogen-bond acceptors (Lipinski definition) is 3. The van der Waals surface area contributed by atoms with Gasteiger partial charge in [0.15, 0.2) is 0 Å². The molecule has 0 radical (unpaired) electrons. The van der Waals surface area contributed by atoms with Gasteiger partial charge in [-0.05, 0) is 41.5 Å². The van der Waals surface area contributed by atoms with Crippen LogP contribution >= 0.6 is 0 Å². The first-order valence-electron chi connectivity index (χ1n) is 7.57. The molecule has 0 bridgehead atoms. The predicted octanol–water partition coefficient (Wildman–Crippen LogP) is 5.02. The average Bonchev–Trinajstić information content (AvgIpc) is 2.10. The van der Waals surface area contributed by atoms with Crippen LogP contribution in [-0.4, -0.2) is 17.4 Å². The lowest BCUT2D eigenvalue weighted by molar-refractivity contribution is -0.164. The highest BCUT2D eigenvalue weighted by atomic mass is 16.6. The highest BCUT2D eigenvalue weighted by Crippen LogP contribution is 2.27. The smallest absolute Gasteiger partial charge is 0.311 e. The molecule has 0 aromatic heterocycles. The Morgan fingerprint density at radius 3 is 0.905 bits per heavy atom. The van der Waals surface area contributed by atoms with Crippen molar-refractivity contribution in [1.82, 2.24) is 0 Å². The lowest BCUT2D eigenvalue weighted by Gasteiger charge is -2.26. The average molecular weight is 300 g/mol. The molecule has 0 amide bonds. The Kier molecular flexibility index (Phi) is 7.40. The van der Waals surface area contributed by atoms with E-state index in [0.29, 0.717) is 5.78 Å². The van der Waals surface area contributed by atoms with Gasteiger partial charge in [0.1, 0.15) is 11.4 Å². The first-order chi connectivity index (χ1) is 8.78. The SMILES string of the molecule is CC(C)(C)C(=O)C(C)(C)C.CC(C)(C)OC(=O)C(C)(C)C. The molecule has 0 aliphatic carbocycles. The molecule has 0 heterocycles. The minimum absolute atomic E-state index is 0.148. The summed E-state index contributed by atoms with van der Waals surface area (Å²) < 4.78 is 5.16. The van der Waals surface area contributed by atoms with E-state index in [9.17, 15) is 9.59 Å². The Hall–Kier alpha value is -0.860. The van der Waals surface area contributed by atoms with E-state index in [1.807, 2.05) is 83.1 Å². The van der Waals surface area contributed by atoms with Crippen LogP contribution in [-0.2, 0) is 14.3 Å². The molecule has 0 rings (SSSR count). The van der Waals surface area contributed by atoms with Crippen LogP contribution in [0.1, 0.15) is 83.1 Å². The van der Waals surface area contributed by atoms with Crippen molar-refractivity contribution >= 4 is 11.8 Å². The van der Waals surface area contributed by atoms with E-state index in [1.165, 1.54) is 0 Å². The van der Waals surface area contributed by atoms with Gasteiger partial charge in [-0.2, -0.15) is 0 Å². The standard InChI is InChI=1S/C9H18O2.C9H18O/c1-8(2,3)7(10)11-9(4,5)6;1-8(2,3)7(10)9(4,5)6/h1-6H3;1-6H3. The number of esters is 1. The van der Waals surface area contributed by atoms with Crippen LogP contribution in [0.2, 0.25) is 0 Å². The third kappa shape index (κ3) is 11.5. The van der Waals surface area contributed by atoms with Gasteiger partial charge in [0.25, 0.3) is 0 Å². The van der Waals surface area contributed by atoms with Gasteiger partial charge in [0.2, 0.25) is 0 Å².